The largest absolute Gasteiger partial charge is 0.484 e. The number of hydrogen-bond acceptors (Lipinski definition) is 4. The first kappa shape index (κ1) is 19.0. The molecule has 1 aromatic heterocycles. The summed E-state index contributed by atoms with van der Waals surface area (Å²) in [7, 11) is 0. The molecule has 0 aliphatic heterocycles. The van der Waals surface area contributed by atoms with Crippen molar-refractivity contribution < 1.29 is 19.0 Å². The van der Waals surface area contributed by atoms with Gasteiger partial charge >= 0.3 is 5.69 Å². The quantitative estimate of drug-likeness (QED) is 0.703. The number of aromatic nitrogens is 2. The second-order valence-electron chi connectivity index (χ2n) is 7.65. The number of benzene rings is 1. The van der Waals surface area contributed by atoms with Crippen LogP contribution >= 0.6 is 11.6 Å². The Morgan fingerprint density at radius 3 is 2.75 bits per heavy atom. The first-order valence-electron chi connectivity index (χ1n) is 9.17. The van der Waals surface area contributed by atoms with Gasteiger partial charge in [-0.25, -0.2) is 9.18 Å². The number of nitrogens with zero attached hydrogens (tertiary/aromatic N) is 1. The minimum Gasteiger partial charge on any atom is -0.484 e. The van der Waals surface area contributed by atoms with Gasteiger partial charge in [-0.05, 0) is 44.2 Å². The van der Waals surface area contributed by atoms with Gasteiger partial charge in [-0.1, -0.05) is 11.6 Å². The average Bonchev–Trinajstić information content (AvgIpc) is 3.11. The molecule has 5 rings (SSSR count). The maximum absolute atomic E-state index is 13.5. The zero-order valence-electron chi connectivity index (χ0n) is 15.1. The molecule has 3 fully saturated rings. The highest BCUT2D eigenvalue weighted by Gasteiger charge is 2.55. The standard InChI is InChI=1S/C19H21ClFN3O4/c20-13-2-1-12(9-14(13)21)28-11-16(26)23-19-5-3-18(4-6-19,10-15(19)25)24-8-7-22-17(24)27/h1-2,7-9,15,25H,3-6,10-11H2,(H,22,27)(H,23,26)/t15-,18?,19?/m0/s1. The van der Waals surface area contributed by atoms with Crippen molar-refractivity contribution in [3.8, 4) is 5.75 Å². The summed E-state index contributed by atoms with van der Waals surface area (Å²) in [6, 6.07) is 3.96. The van der Waals surface area contributed by atoms with Gasteiger partial charge in [0.2, 0.25) is 0 Å². The topological polar surface area (TPSA) is 96.4 Å². The number of nitrogens with one attached hydrogen (secondary N) is 2. The Kier molecular flexibility index (Phi) is 4.71. The summed E-state index contributed by atoms with van der Waals surface area (Å²) < 4.78 is 20.5. The van der Waals surface area contributed by atoms with Crippen LogP contribution in [0.1, 0.15) is 32.1 Å². The fourth-order valence-corrected chi connectivity index (χ4v) is 4.64. The van der Waals surface area contributed by atoms with E-state index in [-0.39, 0.29) is 29.0 Å². The predicted octanol–water partition coefficient (Wildman–Crippen LogP) is 1.94. The molecule has 3 aliphatic carbocycles. The van der Waals surface area contributed by atoms with Crippen LogP contribution in [-0.4, -0.2) is 38.8 Å². The third-order valence-corrected chi connectivity index (χ3v) is 6.40. The molecule has 0 radical (unpaired) electrons. The number of amides is 1. The molecule has 1 aromatic carbocycles. The molecule has 9 heteroatoms. The minimum atomic E-state index is -0.770. The summed E-state index contributed by atoms with van der Waals surface area (Å²) in [6.07, 6.45) is 5.43. The molecule has 28 heavy (non-hydrogen) atoms. The Morgan fingerprint density at radius 2 is 2.14 bits per heavy atom. The molecular weight excluding hydrogens is 389 g/mol. The fourth-order valence-electron chi connectivity index (χ4n) is 4.52. The van der Waals surface area contributed by atoms with Crippen LogP contribution in [-0.2, 0) is 10.3 Å². The fraction of sp³-hybridized carbons (Fsp3) is 0.474. The second kappa shape index (κ2) is 6.93. The normalized spacial score (nSPS) is 28.9. The van der Waals surface area contributed by atoms with E-state index in [1.807, 2.05) is 0 Å². The van der Waals surface area contributed by atoms with Crippen molar-refractivity contribution >= 4 is 17.5 Å². The minimum absolute atomic E-state index is 0.0202. The molecule has 1 heterocycles. The molecule has 0 spiro atoms. The van der Waals surface area contributed by atoms with E-state index in [1.165, 1.54) is 12.1 Å². The van der Waals surface area contributed by atoms with Gasteiger partial charge < -0.3 is 20.1 Å². The van der Waals surface area contributed by atoms with Crippen molar-refractivity contribution in [2.45, 2.75) is 49.3 Å². The molecule has 1 amide bonds. The number of hydrogen-bond donors (Lipinski definition) is 3. The van der Waals surface area contributed by atoms with E-state index >= 15 is 0 Å². The Hall–Kier alpha value is -2.32. The van der Waals surface area contributed by atoms with Gasteiger partial charge in [0.1, 0.15) is 11.6 Å². The summed E-state index contributed by atoms with van der Waals surface area (Å²) in [5.41, 5.74) is -1.33. The summed E-state index contributed by atoms with van der Waals surface area (Å²) in [5.74, 6) is -0.805. The number of fused-ring (bicyclic) bond motifs is 3. The Labute approximate surface area is 165 Å². The van der Waals surface area contributed by atoms with Crippen LogP contribution in [0.3, 0.4) is 0 Å². The van der Waals surface area contributed by atoms with Gasteiger partial charge in [-0.3, -0.25) is 9.36 Å². The van der Waals surface area contributed by atoms with Gasteiger partial charge in [0.25, 0.3) is 5.91 Å². The zero-order chi connectivity index (χ0) is 19.9. The Balaban J connectivity index is 1.40. The van der Waals surface area contributed by atoms with Gasteiger partial charge in [-0.15, -0.1) is 0 Å². The summed E-state index contributed by atoms with van der Waals surface area (Å²) in [4.78, 5) is 27.1. The van der Waals surface area contributed by atoms with Crippen LogP contribution in [0, 0.1) is 5.82 Å². The Bertz CT molecular complexity index is 949. The molecule has 150 valence electrons. The van der Waals surface area contributed by atoms with E-state index in [4.69, 9.17) is 16.3 Å². The number of aliphatic hydroxyl groups excluding tert-OH is 1. The van der Waals surface area contributed by atoms with Crippen LogP contribution < -0.4 is 15.7 Å². The van der Waals surface area contributed by atoms with Crippen LogP contribution in [0.25, 0.3) is 0 Å². The predicted molar refractivity (Wildman–Crippen MR) is 99.9 cm³/mol. The lowest BCUT2D eigenvalue weighted by molar-refractivity contribution is -0.134. The van der Waals surface area contributed by atoms with E-state index < -0.39 is 23.0 Å². The summed E-state index contributed by atoms with van der Waals surface area (Å²) in [5, 5.41) is 13.7. The SMILES string of the molecule is O=C(COc1ccc(Cl)c(F)c1)NC12CCC(n3cc[nH]c3=O)(CC1)C[C@@H]2O. The average molecular weight is 410 g/mol. The lowest BCUT2D eigenvalue weighted by atomic mass is 9.59. The van der Waals surface area contributed by atoms with Gasteiger partial charge in [0.05, 0.1) is 22.2 Å². The van der Waals surface area contributed by atoms with Crippen LogP contribution in [0.2, 0.25) is 5.02 Å². The van der Waals surface area contributed by atoms with E-state index in [9.17, 15) is 19.1 Å². The smallest absolute Gasteiger partial charge is 0.325 e. The molecule has 3 N–H and O–H groups in total. The number of H-pyrrole nitrogens is 1. The first-order valence-corrected chi connectivity index (χ1v) is 9.55. The van der Waals surface area contributed by atoms with Crippen molar-refractivity contribution in [1.29, 1.82) is 0 Å². The molecule has 0 saturated heterocycles. The van der Waals surface area contributed by atoms with E-state index in [1.54, 1.807) is 17.0 Å². The highest BCUT2D eigenvalue weighted by molar-refractivity contribution is 6.30. The van der Waals surface area contributed by atoms with E-state index in [0.717, 1.165) is 6.07 Å². The number of halogens is 2. The monoisotopic (exact) mass is 409 g/mol. The third-order valence-electron chi connectivity index (χ3n) is 6.09. The van der Waals surface area contributed by atoms with E-state index in [2.05, 4.69) is 10.3 Å². The number of carbonyl (C=O) groups excluding carboxylic acids is 1. The summed E-state index contributed by atoms with van der Waals surface area (Å²) in [6.45, 7) is -0.294. The van der Waals surface area contributed by atoms with Gasteiger partial charge in [0, 0.05) is 18.5 Å². The lowest BCUT2D eigenvalue weighted by Gasteiger charge is -2.56. The zero-order valence-corrected chi connectivity index (χ0v) is 15.8. The van der Waals surface area contributed by atoms with Crippen LogP contribution in [0.15, 0.2) is 35.4 Å². The molecule has 7 nitrogen and oxygen atoms in total. The molecule has 2 bridgehead atoms. The molecule has 1 atom stereocenters. The first-order chi connectivity index (χ1) is 13.3. The Morgan fingerprint density at radius 1 is 1.39 bits per heavy atom. The molecule has 3 saturated carbocycles. The van der Waals surface area contributed by atoms with Crippen LogP contribution in [0.4, 0.5) is 4.39 Å². The molecule has 2 aromatic rings. The number of imidazole rings is 1. The lowest BCUT2D eigenvalue weighted by Crippen LogP contribution is -2.67. The van der Waals surface area contributed by atoms with Crippen molar-refractivity contribution in [2.24, 2.45) is 0 Å². The van der Waals surface area contributed by atoms with Crippen molar-refractivity contribution in [2.75, 3.05) is 6.61 Å². The maximum atomic E-state index is 13.5. The van der Waals surface area contributed by atoms with Crippen LogP contribution in [0.5, 0.6) is 5.75 Å². The number of aliphatic hydroxyl groups is 1. The second-order valence-corrected chi connectivity index (χ2v) is 8.06. The molecule has 3 aliphatic rings. The number of carbonyl (C=O) groups is 1. The number of rotatable bonds is 5. The molecule has 0 unspecified atom stereocenters. The third kappa shape index (κ3) is 3.20. The van der Waals surface area contributed by atoms with Crippen molar-refractivity contribution in [1.82, 2.24) is 14.9 Å². The van der Waals surface area contributed by atoms with Gasteiger partial charge in [-0.2, -0.15) is 0 Å². The van der Waals surface area contributed by atoms with Crippen molar-refractivity contribution in [3.63, 3.8) is 0 Å². The van der Waals surface area contributed by atoms with Crippen molar-refractivity contribution in [3.05, 3.63) is 51.9 Å². The highest BCUT2D eigenvalue weighted by atomic mass is 35.5. The van der Waals surface area contributed by atoms with E-state index in [0.29, 0.717) is 32.1 Å². The maximum Gasteiger partial charge on any atom is 0.325 e. The molecular formula is C19H21ClFN3O4. The summed E-state index contributed by atoms with van der Waals surface area (Å²) >= 11 is 5.63. The number of ether oxygens (including phenoxy) is 1. The highest BCUT2D eigenvalue weighted by Crippen LogP contribution is 2.50. The van der Waals surface area contributed by atoms with Gasteiger partial charge in [0.15, 0.2) is 6.61 Å². The number of aromatic amines is 1.